The topological polar surface area (TPSA) is 64.3 Å². The number of benzene rings is 1. The quantitative estimate of drug-likeness (QED) is 0.825. The molecule has 7 heteroatoms. The van der Waals surface area contributed by atoms with Crippen LogP contribution in [0.1, 0.15) is 5.56 Å². The summed E-state index contributed by atoms with van der Waals surface area (Å²) < 4.78 is 39.6. The highest BCUT2D eigenvalue weighted by Gasteiger charge is 2.27. The Kier molecular flexibility index (Phi) is 6.03. The summed E-state index contributed by atoms with van der Waals surface area (Å²) in [5.41, 5.74) is 6.40. The van der Waals surface area contributed by atoms with E-state index in [0.717, 1.165) is 5.56 Å². The van der Waals surface area contributed by atoms with E-state index in [-0.39, 0.29) is 6.54 Å². The normalized spacial score (nSPS) is 10.6. The van der Waals surface area contributed by atoms with E-state index < -0.39 is 25.3 Å². The highest BCUT2D eigenvalue weighted by Crippen LogP contribution is 2.14. The Morgan fingerprint density at radius 3 is 2.50 bits per heavy atom. The number of halogens is 3. The van der Waals surface area contributed by atoms with Crippen molar-refractivity contribution in [2.75, 3.05) is 25.1 Å². The molecule has 4 nitrogen and oxygen atoms in total. The van der Waals surface area contributed by atoms with Crippen molar-refractivity contribution in [3.8, 4) is 11.8 Å². The van der Waals surface area contributed by atoms with Gasteiger partial charge in [-0.2, -0.15) is 13.2 Å². The maximum Gasteiger partial charge on any atom is 0.411 e. The van der Waals surface area contributed by atoms with Gasteiger partial charge in [-0.15, -0.1) is 0 Å². The zero-order valence-electron chi connectivity index (χ0n) is 10.5. The molecule has 0 fully saturated rings. The van der Waals surface area contributed by atoms with Crippen molar-refractivity contribution < 1.29 is 22.7 Å². The average molecular weight is 286 g/mol. The van der Waals surface area contributed by atoms with Crippen molar-refractivity contribution in [1.82, 2.24) is 0 Å². The SMILES string of the molecule is NCC#Cc1ccc(NC(=O)COCC(F)(F)F)cc1. The molecule has 0 aromatic heterocycles. The van der Waals surface area contributed by atoms with E-state index in [1.807, 2.05) is 0 Å². The summed E-state index contributed by atoms with van der Waals surface area (Å²) in [7, 11) is 0. The van der Waals surface area contributed by atoms with Crippen LogP contribution in [-0.2, 0) is 9.53 Å². The van der Waals surface area contributed by atoms with E-state index in [1.165, 1.54) is 0 Å². The second-order valence-electron chi connectivity index (χ2n) is 3.74. The molecule has 0 unspecified atom stereocenters. The first-order valence-electron chi connectivity index (χ1n) is 5.64. The minimum atomic E-state index is -4.44. The smallest absolute Gasteiger partial charge is 0.362 e. The van der Waals surface area contributed by atoms with E-state index in [9.17, 15) is 18.0 Å². The molecule has 20 heavy (non-hydrogen) atoms. The lowest BCUT2D eigenvalue weighted by Gasteiger charge is -2.08. The van der Waals surface area contributed by atoms with Gasteiger partial charge in [0.1, 0.15) is 13.2 Å². The molecule has 0 saturated heterocycles. The fourth-order valence-electron chi connectivity index (χ4n) is 1.25. The summed E-state index contributed by atoms with van der Waals surface area (Å²) in [6, 6.07) is 6.49. The fraction of sp³-hybridized carbons (Fsp3) is 0.308. The van der Waals surface area contributed by atoms with Crippen LogP contribution in [0.25, 0.3) is 0 Å². The number of rotatable bonds is 4. The van der Waals surface area contributed by atoms with Gasteiger partial charge >= 0.3 is 6.18 Å². The number of nitrogens with one attached hydrogen (secondary N) is 1. The van der Waals surface area contributed by atoms with Crippen molar-refractivity contribution in [3.63, 3.8) is 0 Å². The number of alkyl halides is 3. The molecule has 0 aliphatic rings. The molecule has 0 heterocycles. The van der Waals surface area contributed by atoms with Crippen molar-refractivity contribution in [1.29, 1.82) is 0 Å². The van der Waals surface area contributed by atoms with Gasteiger partial charge in [0.05, 0.1) is 6.54 Å². The van der Waals surface area contributed by atoms with Crippen LogP contribution in [0.4, 0.5) is 18.9 Å². The Labute approximate surface area is 114 Å². The van der Waals surface area contributed by atoms with Gasteiger partial charge in [-0.05, 0) is 24.3 Å². The van der Waals surface area contributed by atoms with Gasteiger partial charge in [0.2, 0.25) is 5.91 Å². The fourth-order valence-corrected chi connectivity index (χ4v) is 1.25. The first kappa shape index (κ1) is 16.0. The Morgan fingerprint density at radius 1 is 1.30 bits per heavy atom. The first-order valence-corrected chi connectivity index (χ1v) is 5.64. The van der Waals surface area contributed by atoms with Crippen LogP contribution in [0.5, 0.6) is 0 Å². The lowest BCUT2D eigenvalue weighted by atomic mass is 10.2. The second kappa shape index (κ2) is 7.53. The lowest BCUT2D eigenvalue weighted by Crippen LogP contribution is -2.23. The number of hydrogen-bond donors (Lipinski definition) is 2. The molecule has 0 saturated carbocycles. The zero-order valence-corrected chi connectivity index (χ0v) is 10.5. The number of ether oxygens (including phenoxy) is 1. The van der Waals surface area contributed by atoms with Crippen LogP contribution >= 0.6 is 0 Å². The molecular weight excluding hydrogens is 273 g/mol. The number of nitrogens with two attached hydrogens (primary N) is 1. The summed E-state index contributed by atoms with van der Waals surface area (Å²) in [6.07, 6.45) is -4.44. The minimum Gasteiger partial charge on any atom is -0.362 e. The number of carbonyl (C=O) groups is 1. The third-order valence-electron chi connectivity index (χ3n) is 2.00. The average Bonchev–Trinajstić information content (AvgIpc) is 2.36. The highest BCUT2D eigenvalue weighted by atomic mass is 19.4. The monoisotopic (exact) mass is 286 g/mol. The molecule has 1 rings (SSSR count). The predicted octanol–water partition coefficient (Wildman–Crippen LogP) is 1.51. The number of hydrogen-bond acceptors (Lipinski definition) is 3. The zero-order chi connectivity index (χ0) is 15.0. The van der Waals surface area contributed by atoms with E-state index in [1.54, 1.807) is 24.3 Å². The van der Waals surface area contributed by atoms with Crippen LogP contribution in [0.15, 0.2) is 24.3 Å². The van der Waals surface area contributed by atoms with E-state index in [0.29, 0.717) is 5.69 Å². The standard InChI is InChI=1S/C13H13F3N2O2/c14-13(15,16)9-20-8-12(19)18-11-5-3-10(4-6-11)2-1-7-17/h3-6H,7-9,17H2,(H,18,19). The highest BCUT2D eigenvalue weighted by molar-refractivity contribution is 5.91. The lowest BCUT2D eigenvalue weighted by molar-refractivity contribution is -0.174. The molecule has 1 aromatic rings. The van der Waals surface area contributed by atoms with Crippen molar-refractivity contribution in [3.05, 3.63) is 29.8 Å². The van der Waals surface area contributed by atoms with E-state index >= 15 is 0 Å². The van der Waals surface area contributed by atoms with Gasteiger partial charge in [-0.25, -0.2) is 0 Å². The van der Waals surface area contributed by atoms with Gasteiger partial charge in [-0.1, -0.05) is 11.8 Å². The van der Waals surface area contributed by atoms with Gasteiger partial charge in [0.15, 0.2) is 0 Å². The summed E-state index contributed by atoms with van der Waals surface area (Å²) in [5.74, 6) is 4.81. The van der Waals surface area contributed by atoms with Gasteiger partial charge in [0.25, 0.3) is 0 Å². The summed E-state index contributed by atoms with van der Waals surface area (Å²) >= 11 is 0. The molecule has 1 amide bonds. The predicted molar refractivity (Wildman–Crippen MR) is 67.9 cm³/mol. The molecule has 0 bridgehead atoms. The van der Waals surface area contributed by atoms with Crippen molar-refractivity contribution in [2.45, 2.75) is 6.18 Å². The maximum absolute atomic E-state index is 11.8. The van der Waals surface area contributed by atoms with Crippen LogP contribution in [0.3, 0.4) is 0 Å². The van der Waals surface area contributed by atoms with Crippen molar-refractivity contribution >= 4 is 11.6 Å². The van der Waals surface area contributed by atoms with Crippen LogP contribution in [0.2, 0.25) is 0 Å². The van der Waals surface area contributed by atoms with Gasteiger partial charge in [0, 0.05) is 11.3 Å². The van der Waals surface area contributed by atoms with Crippen LogP contribution in [-0.4, -0.2) is 31.8 Å². The van der Waals surface area contributed by atoms with Crippen LogP contribution in [0, 0.1) is 11.8 Å². The summed E-state index contributed by atoms with van der Waals surface area (Å²) in [6.45, 7) is -1.86. The molecule has 1 aromatic carbocycles. The second-order valence-corrected chi connectivity index (χ2v) is 3.74. The largest absolute Gasteiger partial charge is 0.411 e. The number of carbonyl (C=O) groups excluding carboxylic acids is 1. The molecule has 108 valence electrons. The molecule has 0 atom stereocenters. The van der Waals surface area contributed by atoms with Crippen molar-refractivity contribution in [2.24, 2.45) is 5.73 Å². The molecule has 0 aliphatic heterocycles. The number of amides is 1. The Hall–Kier alpha value is -2.04. The first-order chi connectivity index (χ1) is 9.40. The van der Waals surface area contributed by atoms with E-state index in [2.05, 4.69) is 21.9 Å². The maximum atomic E-state index is 11.8. The summed E-state index contributed by atoms with van der Waals surface area (Å²) in [5, 5.41) is 2.41. The van der Waals surface area contributed by atoms with Gasteiger partial charge < -0.3 is 15.8 Å². The Balaban J connectivity index is 2.42. The molecule has 3 N–H and O–H groups in total. The summed E-state index contributed by atoms with van der Waals surface area (Å²) in [4.78, 5) is 11.3. The molecular formula is C13H13F3N2O2. The minimum absolute atomic E-state index is 0.245. The number of anilines is 1. The molecule has 0 spiro atoms. The van der Waals surface area contributed by atoms with E-state index in [4.69, 9.17) is 5.73 Å². The molecule has 0 radical (unpaired) electrons. The Morgan fingerprint density at radius 2 is 1.95 bits per heavy atom. The van der Waals surface area contributed by atoms with Gasteiger partial charge in [-0.3, -0.25) is 4.79 Å². The third-order valence-corrected chi connectivity index (χ3v) is 2.00. The third kappa shape index (κ3) is 6.78. The molecule has 0 aliphatic carbocycles. The Bertz CT molecular complexity index is 501. The van der Waals surface area contributed by atoms with Crippen LogP contribution < -0.4 is 11.1 Å².